The van der Waals surface area contributed by atoms with Crippen LogP contribution >= 0.6 is 35.7 Å². The SMILES string of the molecule is CCNC(=NCC1CCN(S(C)(=O)=O)C1)N1CCSC(CC)C1.I. The van der Waals surface area contributed by atoms with Gasteiger partial charge in [0.1, 0.15) is 0 Å². The van der Waals surface area contributed by atoms with Crippen LogP contribution in [0.4, 0.5) is 0 Å². The monoisotopic (exact) mass is 490 g/mol. The molecule has 1 N–H and O–H groups in total. The topological polar surface area (TPSA) is 65.0 Å². The van der Waals surface area contributed by atoms with Gasteiger partial charge in [0.05, 0.1) is 6.26 Å². The second-order valence-electron chi connectivity index (χ2n) is 6.32. The van der Waals surface area contributed by atoms with Gasteiger partial charge in [0, 0.05) is 50.3 Å². The molecule has 0 saturated carbocycles. The number of nitrogens with one attached hydrogen (secondary N) is 1. The van der Waals surface area contributed by atoms with Gasteiger partial charge in [0.15, 0.2) is 5.96 Å². The number of hydrogen-bond acceptors (Lipinski definition) is 4. The minimum atomic E-state index is -3.06. The smallest absolute Gasteiger partial charge is 0.211 e. The van der Waals surface area contributed by atoms with E-state index in [4.69, 9.17) is 4.99 Å². The zero-order chi connectivity index (χ0) is 16.9. The first-order chi connectivity index (χ1) is 10.9. The van der Waals surface area contributed by atoms with Crippen molar-refractivity contribution in [3.8, 4) is 0 Å². The molecule has 24 heavy (non-hydrogen) atoms. The van der Waals surface area contributed by atoms with Crippen molar-refractivity contribution in [1.82, 2.24) is 14.5 Å². The number of hydrogen-bond donors (Lipinski definition) is 1. The lowest BCUT2D eigenvalue weighted by Crippen LogP contribution is -2.48. The van der Waals surface area contributed by atoms with E-state index >= 15 is 0 Å². The van der Waals surface area contributed by atoms with Crippen LogP contribution in [0.2, 0.25) is 0 Å². The van der Waals surface area contributed by atoms with Crippen LogP contribution in [0.5, 0.6) is 0 Å². The molecule has 0 aliphatic carbocycles. The minimum absolute atomic E-state index is 0. The van der Waals surface area contributed by atoms with E-state index in [2.05, 4.69) is 35.8 Å². The molecule has 2 aliphatic rings. The molecule has 0 bridgehead atoms. The van der Waals surface area contributed by atoms with Crippen LogP contribution in [0.1, 0.15) is 26.7 Å². The van der Waals surface area contributed by atoms with E-state index in [1.165, 1.54) is 12.7 Å². The fraction of sp³-hybridized carbons (Fsp3) is 0.933. The predicted octanol–water partition coefficient (Wildman–Crippen LogP) is 1.68. The first kappa shape index (κ1) is 22.3. The number of thioether (sulfide) groups is 1. The summed E-state index contributed by atoms with van der Waals surface area (Å²) < 4.78 is 24.8. The fourth-order valence-corrected chi connectivity index (χ4v) is 5.15. The molecule has 2 fully saturated rings. The highest BCUT2D eigenvalue weighted by Crippen LogP contribution is 2.22. The van der Waals surface area contributed by atoms with Crippen molar-refractivity contribution >= 4 is 51.7 Å². The molecular formula is C15H31IN4O2S2. The van der Waals surface area contributed by atoms with Gasteiger partial charge in [-0.3, -0.25) is 4.99 Å². The summed E-state index contributed by atoms with van der Waals surface area (Å²) in [5.74, 6) is 2.47. The molecule has 0 aromatic carbocycles. The molecule has 2 heterocycles. The molecule has 0 amide bonds. The molecule has 2 atom stereocenters. The molecule has 2 saturated heterocycles. The van der Waals surface area contributed by atoms with Gasteiger partial charge in [-0.25, -0.2) is 12.7 Å². The highest BCUT2D eigenvalue weighted by atomic mass is 127. The highest BCUT2D eigenvalue weighted by molar-refractivity contribution is 14.0. The summed E-state index contributed by atoms with van der Waals surface area (Å²) in [6, 6.07) is 0. The van der Waals surface area contributed by atoms with Crippen molar-refractivity contribution in [3.05, 3.63) is 0 Å². The van der Waals surface area contributed by atoms with Crippen LogP contribution in [-0.2, 0) is 10.0 Å². The van der Waals surface area contributed by atoms with Crippen LogP contribution in [0.25, 0.3) is 0 Å². The number of nitrogens with zero attached hydrogens (tertiary/aromatic N) is 3. The van der Waals surface area contributed by atoms with E-state index < -0.39 is 10.0 Å². The van der Waals surface area contributed by atoms with Gasteiger partial charge < -0.3 is 10.2 Å². The van der Waals surface area contributed by atoms with Gasteiger partial charge in [-0.05, 0) is 25.7 Å². The largest absolute Gasteiger partial charge is 0.357 e. The first-order valence-electron chi connectivity index (χ1n) is 8.54. The molecule has 142 valence electrons. The van der Waals surface area contributed by atoms with Crippen LogP contribution in [0, 0.1) is 5.92 Å². The number of rotatable bonds is 5. The van der Waals surface area contributed by atoms with Crippen LogP contribution in [0.15, 0.2) is 4.99 Å². The predicted molar refractivity (Wildman–Crippen MR) is 114 cm³/mol. The molecule has 0 spiro atoms. The van der Waals surface area contributed by atoms with Gasteiger partial charge >= 0.3 is 0 Å². The molecule has 6 nitrogen and oxygen atoms in total. The van der Waals surface area contributed by atoms with Crippen LogP contribution in [-0.4, -0.2) is 80.1 Å². The van der Waals surface area contributed by atoms with Crippen molar-refractivity contribution in [1.29, 1.82) is 0 Å². The summed E-state index contributed by atoms with van der Waals surface area (Å²) in [5, 5.41) is 4.08. The highest BCUT2D eigenvalue weighted by Gasteiger charge is 2.28. The Kier molecular flexibility index (Phi) is 9.68. The Labute approximate surface area is 168 Å². The Balaban J connectivity index is 0.00000288. The molecule has 2 rings (SSSR count). The van der Waals surface area contributed by atoms with E-state index in [1.807, 2.05) is 0 Å². The third kappa shape index (κ3) is 6.53. The Hall–Kier alpha value is 0.260. The van der Waals surface area contributed by atoms with E-state index in [0.29, 0.717) is 30.8 Å². The normalized spacial score (nSPS) is 26.3. The van der Waals surface area contributed by atoms with E-state index in [0.717, 1.165) is 37.8 Å². The average molecular weight is 490 g/mol. The standard InChI is InChI=1S/C15H30N4O2S2.HI/c1-4-14-12-18(8-9-22-14)15(16-5-2)17-10-13-6-7-19(11-13)23(3,20)21;/h13-14H,4-12H2,1-3H3,(H,16,17);1H. The first-order valence-corrected chi connectivity index (χ1v) is 11.4. The average Bonchev–Trinajstić information content (AvgIpc) is 3.00. The molecular weight excluding hydrogens is 459 g/mol. The minimum Gasteiger partial charge on any atom is -0.357 e. The van der Waals surface area contributed by atoms with E-state index in [-0.39, 0.29) is 24.0 Å². The lowest BCUT2D eigenvalue weighted by atomic mass is 10.1. The number of halogens is 1. The quantitative estimate of drug-likeness (QED) is 0.361. The van der Waals surface area contributed by atoms with Crippen molar-refractivity contribution in [3.63, 3.8) is 0 Å². The molecule has 0 aromatic rings. The Morgan fingerprint density at radius 1 is 1.29 bits per heavy atom. The summed E-state index contributed by atoms with van der Waals surface area (Å²) >= 11 is 2.05. The summed E-state index contributed by atoms with van der Waals surface area (Å²) in [6.07, 6.45) is 3.38. The zero-order valence-corrected chi connectivity index (χ0v) is 18.9. The van der Waals surface area contributed by atoms with Gasteiger partial charge in [-0.1, -0.05) is 6.92 Å². The van der Waals surface area contributed by atoms with Crippen molar-refractivity contribution < 1.29 is 8.42 Å². The maximum absolute atomic E-state index is 11.6. The maximum Gasteiger partial charge on any atom is 0.211 e. The summed E-state index contributed by atoms with van der Waals surface area (Å²) in [4.78, 5) is 7.16. The number of guanidine groups is 1. The van der Waals surface area contributed by atoms with E-state index in [1.54, 1.807) is 4.31 Å². The molecule has 9 heteroatoms. The third-order valence-corrected chi connectivity index (χ3v) is 7.09. The summed E-state index contributed by atoms with van der Waals surface area (Å²) in [7, 11) is -3.06. The van der Waals surface area contributed by atoms with Crippen molar-refractivity contribution in [2.24, 2.45) is 10.9 Å². The fourth-order valence-electron chi connectivity index (χ4n) is 3.05. The second-order valence-corrected chi connectivity index (χ2v) is 9.71. The van der Waals surface area contributed by atoms with Crippen molar-refractivity contribution in [2.45, 2.75) is 31.9 Å². The third-order valence-electron chi connectivity index (χ3n) is 4.45. The molecule has 0 aromatic heterocycles. The lowest BCUT2D eigenvalue weighted by Gasteiger charge is -2.34. The van der Waals surface area contributed by atoms with Crippen LogP contribution < -0.4 is 5.32 Å². The Morgan fingerprint density at radius 2 is 2.04 bits per heavy atom. The second kappa shape index (κ2) is 10.4. The van der Waals surface area contributed by atoms with Crippen molar-refractivity contribution in [2.75, 3.05) is 51.3 Å². The number of aliphatic imine (C=N–C) groups is 1. The Bertz CT molecular complexity index is 516. The van der Waals surface area contributed by atoms with Crippen LogP contribution in [0.3, 0.4) is 0 Å². The Morgan fingerprint density at radius 3 is 2.62 bits per heavy atom. The van der Waals surface area contributed by atoms with Gasteiger partial charge in [-0.2, -0.15) is 11.8 Å². The van der Waals surface area contributed by atoms with Gasteiger partial charge in [-0.15, -0.1) is 24.0 Å². The zero-order valence-electron chi connectivity index (χ0n) is 14.9. The lowest BCUT2D eigenvalue weighted by molar-refractivity contribution is 0.405. The molecule has 2 aliphatic heterocycles. The summed E-state index contributed by atoms with van der Waals surface area (Å²) in [6.45, 7) is 9.22. The maximum atomic E-state index is 11.6. The molecule has 0 radical (unpaired) electrons. The van der Waals surface area contributed by atoms with Gasteiger partial charge in [0.25, 0.3) is 0 Å². The summed E-state index contributed by atoms with van der Waals surface area (Å²) in [5.41, 5.74) is 0. The van der Waals surface area contributed by atoms with E-state index in [9.17, 15) is 8.42 Å². The molecule has 2 unspecified atom stereocenters. The van der Waals surface area contributed by atoms with Gasteiger partial charge in [0.2, 0.25) is 10.0 Å². The number of sulfonamides is 1.